The highest BCUT2D eigenvalue weighted by molar-refractivity contribution is 6.30. The monoisotopic (exact) mass is 356 g/mol. The van der Waals surface area contributed by atoms with Crippen LogP contribution < -0.4 is 10.1 Å². The number of hydrogen-bond acceptors (Lipinski definition) is 6. The van der Waals surface area contributed by atoms with E-state index < -0.39 is 6.10 Å². The van der Waals surface area contributed by atoms with Crippen LogP contribution in [0.5, 0.6) is 5.75 Å². The van der Waals surface area contributed by atoms with Gasteiger partial charge in [-0.25, -0.2) is 9.97 Å². The molecule has 0 aliphatic carbocycles. The molecule has 0 saturated carbocycles. The maximum Gasteiger partial charge on any atom is 0.223 e. The molecule has 0 aliphatic rings. The van der Waals surface area contributed by atoms with Crippen molar-refractivity contribution in [3.8, 4) is 17.0 Å². The minimum atomic E-state index is -0.707. The van der Waals surface area contributed by atoms with E-state index in [0.717, 1.165) is 11.3 Å². The van der Waals surface area contributed by atoms with Gasteiger partial charge in [-0.05, 0) is 42.5 Å². The zero-order chi connectivity index (χ0) is 17.5. The fourth-order valence-electron chi connectivity index (χ4n) is 2.11. The third-order valence-electron chi connectivity index (χ3n) is 3.36. The second-order valence-electron chi connectivity index (χ2n) is 5.31. The number of nitrogens with zero attached hydrogens (tertiary/aromatic N) is 3. The van der Waals surface area contributed by atoms with Gasteiger partial charge in [0.1, 0.15) is 18.5 Å². The number of benzene rings is 1. The van der Waals surface area contributed by atoms with Gasteiger partial charge in [0, 0.05) is 35.7 Å². The molecule has 2 N–H and O–H groups in total. The van der Waals surface area contributed by atoms with Gasteiger partial charge in [0.15, 0.2) is 0 Å². The molecule has 0 bridgehead atoms. The quantitative estimate of drug-likeness (QED) is 0.677. The zero-order valence-electron chi connectivity index (χ0n) is 13.3. The van der Waals surface area contributed by atoms with E-state index in [0.29, 0.717) is 16.7 Å². The van der Waals surface area contributed by atoms with Gasteiger partial charge in [-0.2, -0.15) is 0 Å². The topological polar surface area (TPSA) is 80.2 Å². The average Bonchev–Trinajstić information content (AvgIpc) is 2.67. The summed E-state index contributed by atoms with van der Waals surface area (Å²) in [6.07, 6.45) is 4.40. The molecule has 0 amide bonds. The van der Waals surface area contributed by atoms with E-state index in [2.05, 4.69) is 20.3 Å². The molecule has 0 saturated heterocycles. The van der Waals surface area contributed by atoms with Gasteiger partial charge in [-0.1, -0.05) is 11.6 Å². The van der Waals surface area contributed by atoms with Crippen LogP contribution in [0.4, 0.5) is 5.95 Å². The van der Waals surface area contributed by atoms with E-state index >= 15 is 0 Å². The molecular weight excluding hydrogens is 340 g/mol. The first-order valence-electron chi connectivity index (χ1n) is 7.74. The molecule has 2 aromatic heterocycles. The van der Waals surface area contributed by atoms with Crippen molar-refractivity contribution >= 4 is 17.5 Å². The van der Waals surface area contributed by atoms with E-state index in [9.17, 15) is 5.11 Å². The fourth-order valence-corrected chi connectivity index (χ4v) is 2.24. The molecule has 0 fully saturated rings. The first-order valence-corrected chi connectivity index (χ1v) is 8.12. The number of hydrogen-bond donors (Lipinski definition) is 2. The molecule has 2 heterocycles. The Hall–Kier alpha value is -2.70. The second kappa shape index (κ2) is 8.41. The Morgan fingerprint density at radius 3 is 2.72 bits per heavy atom. The molecule has 6 nitrogen and oxygen atoms in total. The lowest BCUT2D eigenvalue weighted by Gasteiger charge is -2.13. The normalized spacial score (nSPS) is 11.8. The molecule has 128 valence electrons. The number of anilines is 1. The summed E-state index contributed by atoms with van der Waals surface area (Å²) in [4.78, 5) is 12.6. The summed E-state index contributed by atoms with van der Waals surface area (Å²) in [5.74, 6) is 1.09. The molecular formula is C18H17ClN4O2. The van der Waals surface area contributed by atoms with Crippen LogP contribution in [0.3, 0.4) is 0 Å². The standard InChI is InChI=1S/C18H17ClN4O2/c19-14-3-5-16(6-4-14)25-12-15(24)11-22-18-21-9-7-17(23-18)13-2-1-8-20-10-13/h1-10,15,24H,11-12H2,(H,21,22,23)/t15-/m1/s1. The Labute approximate surface area is 150 Å². The van der Waals surface area contributed by atoms with Crippen molar-refractivity contribution in [1.29, 1.82) is 0 Å². The van der Waals surface area contributed by atoms with Crippen molar-refractivity contribution in [2.75, 3.05) is 18.5 Å². The third-order valence-corrected chi connectivity index (χ3v) is 3.62. The molecule has 1 aromatic carbocycles. The van der Waals surface area contributed by atoms with E-state index in [1.807, 2.05) is 18.2 Å². The average molecular weight is 357 g/mol. The first kappa shape index (κ1) is 17.1. The van der Waals surface area contributed by atoms with E-state index in [-0.39, 0.29) is 13.2 Å². The first-order chi connectivity index (χ1) is 12.2. The Morgan fingerprint density at radius 1 is 1.12 bits per heavy atom. The van der Waals surface area contributed by atoms with Gasteiger partial charge in [0.2, 0.25) is 5.95 Å². The third kappa shape index (κ3) is 5.14. The molecule has 0 spiro atoms. The lowest BCUT2D eigenvalue weighted by molar-refractivity contribution is 0.117. The molecule has 0 unspecified atom stereocenters. The molecule has 7 heteroatoms. The number of rotatable bonds is 7. The number of aromatic nitrogens is 3. The molecule has 1 atom stereocenters. The van der Waals surface area contributed by atoms with Crippen molar-refractivity contribution in [3.63, 3.8) is 0 Å². The summed E-state index contributed by atoms with van der Waals surface area (Å²) in [5.41, 5.74) is 1.66. The van der Waals surface area contributed by atoms with Crippen LogP contribution in [0.1, 0.15) is 0 Å². The number of ether oxygens (including phenoxy) is 1. The Balaban J connectivity index is 1.52. The van der Waals surface area contributed by atoms with E-state index in [1.165, 1.54) is 0 Å². The molecule has 0 radical (unpaired) electrons. The van der Waals surface area contributed by atoms with E-state index in [4.69, 9.17) is 16.3 Å². The van der Waals surface area contributed by atoms with Crippen LogP contribution >= 0.6 is 11.6 Å². The van der Waals surface area contributed by atoms with Crippen molar-refractivity contribution < 1.29 is 9.84 Å². The lowest BCUT2D eigenvalue weighted by atomic mass is 10.2. The lowest BCUT2D eigenvalue weighted by Crippen LogP contribution is -2.27. The number of nitrogens with one attached hydrogen (secondary N) is 1. The summed E-state index contributed by atoms with van der Waals surface area (Å²) in [6, 6.07) is 12.6. The highest BCUT2D eigenvalue weighted by Crippen LogP contribution is 2.17. The number of aliphatic hydroxyl groups excluding tert-OH is 1. The zero-order valence-corrected chi connectivity index (χ0v) is 14.1. The van der Waals surface area contributed by atoms with Crippen LogP contribution in [0, 0.1) is 0 Å². The SMILES string of the molecule is O[C@H](CNc1nccc(-c2cccnc2)n1)COc1ccc(Cl)cc1. The van der Waals surface area contributed by atoms with Crippen LogP contribution in [0.2, 0.25) is 5.02 Å². The maximum atomic E-state index is 10.0. The van der Waals surface area contributed by atoms with Gasteiger partial charge in [-0.3, -0.25) is 4.98 Å². The number of halogens is 1. The molecule has 0 aliphatic heterocycles. The van der Waals surface area contributed by atoms with Crippen molar-refractivity contribution in [3.05, 3.63) is 66.1 Å². The van der Waals surface area contributed by atoms with Gasteiger partial charge in [0.05, 0.1) is 5.69 Å². The summed E-state index contributed by atoms with van der Waals surface area (Å²) >= 11 is 5.82. The van der Waals surface area contributed by atoms with Crippen molar-refractivity contribution in [1.82, 2.24) is 15.0 Å². The smallest absolute Gasteiger partial charge is 0.223 e. The van der Waals surface area contributed by atoms with Gasteiger partial charge in [-0.15, -0.1) is 0 Å². The predicted molar refractivity (Wildman–Crippen MR) is 96.7 cm³/mol. The van der Waals surface area contributed by atoms with E-state index in [1.54, 1.807) is 42.9 Å². The maximum absolute atomic E-state index is 10.0. The fraction of sp³-hybridized carbons (Fsp3) is 0.167. The highest BCUT2D eigenvalue weighted by atomic mass is 35.5. The van der Waals surface area contributed by atoms with Gasteiger partial charge >= 0.3 is 0 Å². The second-order valence-corrected chi connectivity index (χ2v) is 5.74. The van der Waals surface area contributed by atoms with Crippen LogP contribution in [-0.2, 0) is 0 Å². The van der Waals surface area contributed by atoms with Crippen molar-refractivity contribution in [2.24, 2.45) is 0 Å². The van der Waals surface area contributed by atoms with Crippen molar-refractivity contribution in [2.45, 2.75) is 6.10 Å². The summed E-state index contributed by atoms with van der Waals surface area (Å²) in [7, 11) is 0. The minimum absolute atomic E-state index is 0.150. The number of aliphatic hydroxyl groups is 1. The van der Waals surface area contributed by atoms with Gasteiger partial charge in [0.25, 0.3) is 0 Å². The van der Waals surface area contributed by atoms with Crippen LogP contribution in [0.15, 0.2) is 61.1 Å². The summed E-state index contributed by atoms with van der Waals surface area (Å²) in [6.45, 7) is 0.418. The minimum Gasteiger partial charge on any atom is -0.491 e. The Morgan fingerprint density at radius 2 is 1.96 bits per heavy atom. The Bertz CT molecular complexity index is 800. The highest BCUT2D eigenvalue weighted by Gasteiger charge is 2.07. The van der Waals surface area contributed by atoms with Gasteiger partial charge < -0.3 is 15.2 Å². The van der Waals surface area contributed by atoms with Crippen LogP contribution in [-0.4, -0.2) is 39.3 Å². The summed E-state index contributed by atoms with van der Waals surface area (Å²) < 4.78 is 5.51. The molecule has 25 heavy (non-hydrogen) atoms. The Kier molecular flexibility index (Phi) is 5.77. The largest absolute Gasteiger partial charge is 0.491 e. The molecule has 3 rings (SSSR count). The summed E-state index contributed by atoms with van der Waals surface area (Å²) in [5, 5.41) is 13.7. The number of pyridine rings is 1. The van der Waals surface area contributed by atoms with Crippen LogP contribution in [0.25, 0.3) is 11.3 Å². The predicted octanol–water partition coefficient (Wildman–Crippen LogP) is 3.04. The molecule has 3 aromatic rings.